The fraction of sp³-hybridized carbons (Fsp3) is 0.115. The maximum atomic E-state index is 11.4. The molecule has 1 amide bonds. The average molecular weight is 500 g/mol. The van der Waals surface area contributed by atoms with E-state index < -0.39 is 4.92 Å². The van der Waals surface area contributed by atoms with Crippen LogP contribution in [0.4, 0.5) is 17.1 Å². The molecule has 180 valence electrons. The lowest BCUT2D eigenvalue weighted by atomic mass is 10.0. The highest BCUT2D eigenvalue weighted by atomic mass is 32.1. The van der Waals surface area contributed by atoms with Crippen LogP contribution >= 0.6 is 12.2 Å². The van der Waals surface area contributed by atoms with Crippen molar-refractivity contribution in [3.63, 3.8) is 0 Å². The molecule has 0 unspecified atom stereocenters. The number of pyridine rings is 1. The Balaban J connectivity index is 1.53. The summed E-state index contributed by atoms with van der Waals surface area (Å²) in [7, 11) is 0. The van der Waals surface area contributed by atoms with E-state index in [1.165, 1.54) is 19.1 Å². The van der Waals surface area contributed by atoms with Crippen molar-refractivity contribution in [3.8, 4) is 11.3 Å². The van der Waals surface area contributed by atoms with Crippen molar-refractivity contribution in [3.05, 3.63) is 107 Å². The van der Waals surface area contributed by atoms with E-state index in [-0.39, 0.29) is 23.7 Å². The third-order valence-electron chi connectivity index (χ3n) is 5.84. The number of nitrogens with one attached hydrogen (secondary N) is 2. The lowest BCUT2D eigenvalue weighted by Gasteiger charge is -2.26. The molecule has 2 atom stereocenters. The van der Waals surface area contributed by atoms with Crippen LogP contribution in [0.3, 0.4) is 0 Å². The maximum Gasteiger partial charge on any atom is 0.269 e. The first-order chi connectivity index (χ1) is 17.4. The Bertz CT molecular complexity index is 1420. The smallest absolute Gasteiger partial charge is 0.269 e. The van der Waals surface area contributed by atoms with Gasteiger partial charge >= 0.3 is 0 Å². The molecule has 3 heterocycles. The molecule has 4 aromatic rings. The number of rotatable bonds is 6. The Labute approximate surface area is 211 Å². The van der Waals surface area contributed by atoms with Gasteiger partial charge in [-0.05, 0) is 72.9 Å². The van der Waals surface area contributed by atoms with Crippen molar-refractivity contribution < 1.29 is 14.1 Å². The Kier molecular flexibility index (Phi) is 6.17. The standard InChI is InChI=1S/C26H21N5O4S/c1-16(32)28-18-7-11-19(12-8-18)30-25(24(29-26(30)36)21-4-2-3-15-27-21)23-14-13-22(35-23)17-5-9-20(10-6-17)31(33)34/h2-15,24-25H,1H3,(H,28,32)(H,29,36)/t24-,25-/m0/s1. The second-order valence-electron chi connectivity index (χ2n) is 8.23. The normalized spacial score (nSPS) is 17.0. The molecule has 1 aliphatic heterocycles. The zero-order chi connectivity index (χ0) is 25.2. The zero-order valence-corrected chi connectivity index (χ0v) is 19.9. The van der Waals surface area contributed by atoms with Crippen molar-refractivity contribution in [2.24, 2.45) is 0 Å². The lowest BCUT2D eigenvalue weighted by Crippen LogP contribution is -2.29. The van der Waals surface area contributed by atoms with E-state index in [4.69, 9.17) is 16.6 Å². The Morgan fingerprint density at radius 2 is 1.83 bits per heavy atom. The first-order valence-corrected chi connectivity index (χ1v) is 11.5. The Hall–Kier alpha value is -4.57. The van der Waals surface area contributed by atoms with E-state index in [0.717, 1.165) is 16.9 Å². The number of amides is 1. The minimum absolute atomic E-state index is 0.0139. The quantitative estimate of drug-likeness (QED) is 0.206. The minimum atomic E-state index is -0.435. The van der Waals surface area contributed by atoms with Crippen LogP contribution < -0.4 is 15.5 Å². The summed E-state index contributed by atoms with van der Waals surface area (Å²) in [5, 5.41) is 17.7. The second kappa shape index (κ2) is 9.59. The van der Waals surface area contributed by atoms with E-state index in [9.17, 15) is 14.9 Å². The number of nitro benzene ring substituents is 1. The van der Waals surface area contributed by atoms with Crippen molar-refractivity contribution in [2.45, 2.75) is 19.0 Å². The van der Waals surface area contributed by atoms with Gasteiger partial charge in [0.15, 0.2) is 5.11 Å². The van der Waals surface area contributed by atoms with Gasteiger partial charge in [-0.2, -0.15) is 0 Å². The summed E-state index contributed by atoms with van der Waals surface area (Å²) in [6.45, 7) is 1.46. The lowest BCUT2D eigenvalue weighted by molar-refractivity contribution is -0.384. The molecule has 5 rings (SSSR count). The molecule has 2 aromatic carbocycles. The van der Waals surface area contributed by atoms with Gasteiger partial charge in [0.05, 0.1) is 16.7 Å². The number of non-ortho nitro benzene ring substituents is 1. The minimum Gasteiger partial charge on any atom is -0.459 e. The van der Waals surface area contributed by atoms with Gasteiger partial charge < -0.3 is 20.0 Å². The summed E-state index contributed by atoms with van der Waals surface area (Å²) in [5.41, 5.74) is 3.04. The molecule has 1 fully saturated rings. The van der Waals surface area contributed by atoms with Crippen molar-refractivity contribution >= 4 is 40.3 Å². The fourth-order valence-corrected chi connectivity index (χ4v) is 4.59. The second-order valence-corrected chi connectivity index (χ2v) is 8.62. The molecule has 2 N–H and O–H groups in total. The van der Waals surface area contributed by atoms with Gasteiger partial charge in [0, 0.05) is 42.2 Å². The van der Waals surface area contributed by atoms with Crippen molar-refractivity contribution in [1.82, 2.24) is 10.3 Å². The molecule has 0 spiro atoms. The molecule has 0 bridgehead atoms. The first-order valence-electron chi connectivity index (χ1n) is 11.1. The van der Waals surface area contributed by atoms with Crippen LogP contribution in [0.2, 0.25) is 0 Å². The number of benzene rings is 2. The highest BCUT2D eigenvalue weighted by molar-refractivity contribution is 7.80. The number of hydrogen-bond acceptors (Lipinski definition) is 6. The molecule has 1 aliphatic rings. The van der Waals surface area contributed by atoms with E-state index in [0.29, 0.717) is 22.3 Å². The average Bonchev–Trinajstić information content (AvgIpc) is 3.49. The summed E-state index contributed by atoms with van der Waals surface area (Å²) < 4.78 is 6.29. The fourth-order valence-electron chi connectivity index (χ4n) is 4.24. The molecule has 2 aromatic heterocycles. The number of thiocarbonyl (C=S) groups is 1. The molecule has 9 nitrogen and oxygen atoms in total. The number of anilines is 2. The number of carbonyl (C=O) groups is 1. The van der Waals surface area contributed by atoms with Gasteiger partial charge in [-0.3, -0.25) is 19.9 Å². The summed E-state index contributed by atoms with van der Waals surface area (Å²) in [6.07, 6.45) is 1.73. The van der Waals surface area contributed by atoms with Crippen LogP contribution in [0.1, 0.15) is 30.5 Å². The van der Waals surface area contributed by atoms with Crippen LogP contribution in [0.25, 0.3) is 11.3 Å². The first kappa shape index (κ1) is 23.2. The van der Waals surface area contributed by atoms with Crippen LogP contribution in [0.5, 0.6) is 0 Å². The number of aromatic nitrogens is 1. The molecule has 0 radical (unpaired) electrons. The number of carbonyl (C=O) groups excluding carboxylic acids is 1. The Morgan fingerprint density at radius 3 is 2.47 bits per heavy atom. The molecule has 36 heavy (non-hydrogen) atoms. The van der Waals surface area contributed by atoms with Crippen LogP contribution in [-0.2, 0) is 4.79 Å². The number of nitro groups is 1. The van der Waals surface area contributed by atoms with E-state index >= 15 is 0 Å². The van der Waals surface area contributed by atoms with E-state index in [2.05, 4.69) is 15.6 Å². The van der Waals surface area contributed by atoms with Crippen LogP contribution in [-0.4, -0.2) is 20.9 Å². The molecular weight excluding hydrogens is 478 g/mol. The van der Waals surface area contributed by atoms with E-state index in [1.54, 1.807) is 18.3 Å². The zero-order valence-electron chi connectivity index (χ0n) is 19.1. The number of furan rings is 1. The molecule has 0 saturated carbocycles. The molecular formula is C26H21N5O4S. The monoisotopic (exact) mass is 499 g/mol. The van der Waals surface area contributed by atoms with Crippen molar-refractivity contribution in [1.29, 1.82) is 0 Å². The third kappa shape index (κ3) is 4.53. The molecule has 1 saturated heterocycles. The highest BCUT2D eigenvalue weighted by Crippen LogP contribution is 2.43. The largest absolute Gasteiger partial charge is 0.459 e. The van der Waals surface area contributed by atoms with Gasteiger partial charge in [-0.1, -0.05) is 6.07 Å². The van der Waals surface area contributed by atoms with Crippen LogP contribution in [0, 0.1) is 10.1 Å². The highest BCUT2D eigenvalue weighted by Gasteiger charge is 2.42. The summed E-state index contributed by atoms with van der Waals surface area (Å²) in [5.74, 6) is 1.08. The van der Waals surface area contributed by atoms with Crippen LogP contribution in [0.15, 0.2) is 89.5 Å². The maximum absolute atomic E-state index is 11.4. The van der Waals surface area contributed by atoms with E-state index in [1.807, 2.05) is 59.5 Å². The third-order valence-corrected chi connectivity index (χ3v) is 6.16. The summed E-state index contributed by atoms with van der Waals surface area (Å²) >= 11 is 5.73. The van der Waals surface area contributed by atoms with Gasteiger partial charge in [0.2, 0.25) is 5.91 Å². The predicted molar refractivity (Wildman–Crippen MR) is 139 cm³/mol. The van der Waals surface area contributed by atoms with Gasteiger partial charge in [-0.15, -0.1) is 0 Å². The van der Waals surface area contributed by atoms with Crippen molar-refractivity contribution in [2.75, 3.05) is 10.2 Å². The SMILES string of the molecule is CC(=O)Nc1ccc(N2C(=S)N[C@@H](c3ccccn3)[C@@H]2c2ccc(-c3ccc([N+](=O)[O-])cc3)o2)cc1. The van der Waals surface area contributed by atoms with Gasteiger partial charge in [0.25, 0.3) is 5.69 Å². The topological polar surface area (TPSA) is 114 Å². The van der Waals surface area contributed by atoms with Gasteiger partial charge in [-0.25, -0.2) is 0 Å². The number of nitrogens with zero attached hydrogens (tertiary/aromatic N) is 3. The summed E-state index contributed by atoms with van der Waals surface area (Å²) in [6, 6.07) is 22.4. The molecule has 0 aliphatic carbocycles. The Morgan fingerprint density at radius 1 is 1.08 bits per heavy atom. The molecule has 10 heteroatoms. The van der Waals surface area contributed by atoms with Gasteiger partial charge in [0.1, 0.15) is 17.6 Å². The summed E-state index contributed by atoms with van der Waals surface area (Å²) in [4.78, 5) is 28.5. The predicted octanol–water partition coefficient (Wildman–Crippen LogP) is 5.39. The number of hydrogen-bond donors (Lipinski definition) is 2.